The molecule has 2 rings (SSSR count). The minimum Gasteiger partial charge on any atom is -0.228 e. The first kappa shape index (κ1) is 15.8. The lowest BCUT2D eigenvalue weighted by atomic mass is 9.81. The van der Waals surface area contributed by atoms with E-state index in [1.54, 1.807) is 0 Å². The first-order chi connectivity index (χ1) is 9.48. The van der Waals surface area contributed by atoms with Gasteiger partial charge in [-0.15, -0.1) is 0 Å². The van der Waals surface area contributed by atoms with Crippen LogP contribution in [0, 0.1) is 29.1 Å². The first-order valence-corrected chi connectivity index (χ1v) is 9.72. The zero-order chi connectivity index (χ0) is 14.8. The molecule has 0 aromatic carbocycles. The SMILES string of the molecule is CCC1CCC(C#N)C(S(=O)(=O)C2CCCC(C)C2)C1. The highest BCUT2D eigenvalue weighted by Gasteiger charge is 2.43. The minimum absolute atomic E-state index is 0.192. The van der Waals surface area contributed by atoms with Crippen LogP contribution in [0.3, 0.4) is 0 Å². The van der Waals surface area contributed by atoms with Crippen molar-refractivity contribution in [1.82, 2.24) is 0 Å². The fourth-order valence-electron chi connectivity index (χ4n) is 4.02. The van der Waals surface area contributed by atoms with Gasteiger partial charge in [0, 0.05) is 0 Å². The van der Waals surface area contributed by atoms with Crippen LogP contribution in [0.25, 0.3) is 0 Å². The van der Waals surface area contributed by atoms with Gasteiger partial charge in [0.15, 0.2) is 9.84 Å². The quantitative estimate of drug-likeness (QED) is 0.798. The molecule has 0 radical (unpaired) electrons. The second-order valence-electron chi connectivity index (χ2n) is 6.84. The number of hydrogen-bond acceptors (Lipinski definition) is 3. The molecule has 4 heteroatoms. The summed E-state index contributed by atoms with van der Waals surface area (Å²) in [4.78, 5) is 0. The maximum absolute atomic E-state index is 13.0. The molecule has 20 heavy (non-hydrogen) atoms. The molecule has 0 aliphatic heterocycles. The van der Waals surface area contributed by atoms with Crippen LogP contribution >= 0.6 is 0 Å². The highest BCUT2D eigenvalue weighted by molar-refractivity contribution is 7.92. The molecule has 0 aromatic heterocycles. The highest BCUT2D eigenvalue weighted by Crippen LogP contribution is 2.39. The summed E-state index contributed by atoms with van der Waals surface area (Å²) in [6, 6.07) is 2.28. The molecule has 0 heterocycles. The van der Waals surface area contributed by atoms with Crippen LogP contribution in [0.1, 0.15) is 65.2 Å². The van der Waals surface area contributed by atoms with Crippen molar-refractivity contribution in [3.05, 3.63) is 0 Å². The number of nitriles is 1. The second-order valence-corrected chi connectivity index (χ2v) is 9.29. The van der Waals surface area contributed by atoms with Gasteiger partial charge >= 0.3 is 0 Å². The fraction of sp³-hybridized carbons (Fsp3) is 0.938. The van der Waals surface area contributed by atoms with Gasteiger partial charge in [0.2, 0.25) is 0 Å². The Bertz CT molecular complexity index is 465. The standard InChI is InChI=1S/C16H27NO2S/c1-3-13-7-8-14(11-17)16(10-13)20(18,19)15-6-4-5-12(2)9-15/h12-16H,3-10H2,1-2H3. The van der Waals surface area contributed by atoms with Crippen molar-refractivity contribution >= 4 is 9.84 Å². The van der Waals surface area contributed by atoms with Crippen LogP contribution in [0.15, 0.2) is 0 Å². The maximum Gasteiger partial charge on any atom is 0.157 e. The molecule has 5 atom stereocenters. The molecule has 2 fully saturated rings. The van der Waals surface area contributed by atoms with Gasteiger partial charge in [-0.2, -0.15) is 5.26 Å². The largest absolute Gasteiger partial charge is 0.228 e. The van der Waals surface area contributed by atoms with Gasteiger partial charge < -0.3 is 0 Å². The lowest BCUT2D eigenvalue weighted by Gasteiger charge is -2.36. The summed E-state index contributed by atoms with van der Waals surface area (Å²) in [5.74, 6) is 0.718. The van der Waals surface area contributed by atoms with Crippen molar-refractivity contribution in [2.75, 3.05) is 0 Å². The van der Waals surface area contributed by atoms with Gasteiger partial charge in [-0.25, -0.2) is 8.42 Å². The number of nitrogens with zero attached hydrogens (tertiary/aromatic N) is 1. The molecular weight excluding hydrogens is 270 g/mol. The van der Waals surface area contributed by atoms with Gasteiger partial charge in [-0.1, -0.05) is 33.1 Å². The average molecular weight is 297 g/mol. The summed E-state index contributed by atoms with van der Waals surface area (Å²) < 4.78 is 25.9. The Kier molecular flexibility index (Phi) is 5.12. The van der Waals surface area contributed by atoms with Crippen LogP contribution in [-0.4, -0.2) is 18.9 Å². The molecule has 5 unspecified atom stereocenters. The summed E-state index contributed by atoms with van der Waals surface area (Å²) in [6.45, 7) is 4.28. The van der Waals surface area contributed by atoms with E-state index in [9.17, 15) is 13.7 Å². The van der Waals surface area contributed by atoms with E-state index >= 15 is 0 Å². The lowest BCUT2D eigenvalue weighted by Crippen LogP contribution is -2.42. The smallest absolute Gasteiger partial charge is 0.157 e. The molecule has 0 N–H and O–H groups in total. The summed E-state index contributed by atoms with van der Waals surface area (Å²) in [5, 5.41) is 8.73. The zero-order valence-corrected chi connectivity index (χ0v) is 13.5. The van der Waals surface area contributed by atoms with Crippen molar-refractivity contribution in [3.8, 4) is 6.07 Å². The number of rotatable bonds is 3. The van der Waals surface area contributed by atoms with E-state index in [1.165, 1.54) is 0 Å². The van der Waals surface area contributed by atoms with Crippen molar-refractivity contribution in [1.29, 1.82) is 5.26 Å². The molecule has 0 saturated heterocycles. The molecule has 2 aliphatic carbocycles. The molecule has 0 aromatic rings. The summed E-state index contributed by atoms with van der Waals surface area (Å²) >= 11 is 0. The third-order valence-electron chi connectivity index (χ3n) is 5.42. The minimum atomic E-state index is -3.14. The van der Waals surface area contributed by atoms with Gasteiger partial charge in [0.1, 0.15) is 0 Å². The molecule has 2 aliphatic rings. The van der Waals surface area contributed by atoms with Crippen molar-refractivity contribution < 1.29 is 8.42 Å². The third kappa shape index (κ3) is 3.19. The molecular formula is C16H27NO2S. The van der Waals surface area contributed by atoms with Crippen molar-refractivity contribution in [2.45, 2.75) is 75.7 Å². The zero-order valence-electron chi connectivity index (χ0n) is 12.7. The van der Waals surface area contributed by atoms with E-state index in [4.69, 9.17) is 0 Å². The van der Waals surface area contributed by atoms with E-state index in [0.717, 1.165) is 44.9 Å². The Labute approximate surface area is 123 Å². The van der Waals surface area contributed by atoms with Gasteiger partial charge in [0.05, 0.1) is 22.5 Å². The van der Waals surface area contributed by atoms with Gasteiger partial charge in [-0.3, -0.25) is 0 Å². The normalized spacial score (nSPS) is 39.1. The Morgan fingerprint density at radius 2 is 1.90 bits per heavy atom. The average Bonchev–Trinajstić information content (AvgIpc) is 2.46. The molecule has 0 spiro atoms. The van der Waals surface area contributed by atoms with E-state index in [1.807, 2.05) is 0 Å². The molecule has 0 bridgehead atoms. The Balaban J connectivity index is 2.19. The van der Waals surface area contributed by atoms with E-state index in [-0.39, 0.29) is 11.2 Å². The van der Waals surface area contributed by atoms with Gasteiger partial charge in [-0.05, 0) is 43.9 Å². The Morgan fingerprint density at radius 3 is 2.50 bits per heavy atom. The lowest BCUT2D eigenvalue weighted by molar-refractivity contribution is 0.302. The van der Waals surface area contributed by atoms with E-state index in [2.05, 4.69) is 19.9 Å². The van der Waals surface area contributed by atoms with Crippen LogP contribution in [-0.2, 0) is 9.84 Å². The number of hydrogen-bond donors (Lipinski definition) is 0. The van der Waals surface area contributed by atoms with Crippen LogP contribution in [0.4, 0.5) is 0 Å². The molecule has 2 saturated carbocycles. The second kappa shape index (κ2) is 6.47. The van der Waals surface area contributed by atoms with Gasteiger partial charge in [0.25, 0.3) is 0 Å². The summed E-state index contributed by atoms with van der Waals surface area (Å²) in [6.07, 6.45) is 7.30. The first-order valence-electron chi connectivity index (χ1n) is 8.11. The third-order valence-corrected chi connectivity index (χ3v) is 8.14. The maximum atomic E-state index is 13.0. The summed E-state index contributed by atoms with van der Waals surface area (Å²) in [7, 11) is -3.14. The van der Waals surface area contributed by atoms with E-state index in [0.29, 0.717) is 18.3 Å². The van der Waals surface area contributed by atoms with Crippen molar-refractivity contribution in [2.24, 2.45) is 17.8 Å². The molecule has 114 valence electrons. The molecule has 3 nitrogen and oxygen atoms in total. The predicted molar refractivity (Wildman–Crippen MR) is 80.9 cm³/mol. The molecule has 0 amide bonds. The Morgan fingerprint density at radius 1 is 1.15 bits per heavy atom. The fourth-order valence-corrected chi connectivity index (χ4v) is 6.80. The van der Waals surface area contributed by atoms with E-state index < -0.39 is 15.1 Å². The topological polar surface area (TPSA) is 57.9 Å². The number of sulfone groups is 1. The monoisotopic (exact) mass is 297 g/mol. The van der Waals surface area contributed by atoms with Crippen LogP contribution < -0.4 is 0 Å². The Hall–Kier alpha value is -0.560. The summed E-state index contributed by atoms with van der Waals surface area (Å²) in [5.41, 5.74) is 0. The predicted octanol–water partition coefficient (Wildman–Crippen LogP) is 3.70. The highest BCUT2D eigenvalue weighted by atomic mass is 32.2. The van der Waals surface area contributed by atoms with Crippen molar-refractivity contribution in [3.63, 3.8) is 0 Å². The van der Waals surface area contributed by atoms with Crippen LogP contribution in [0.5, 0.6) is 0 Å². The van der Waals surface area contributed by atoms with Crippen LogP contribution in [0.2, 0.25) is 0 Å².